The number of aromatic nitrogens is 1. The largest absolute Gasteiger partial charge is 0.381 e. The summed E-state index contributed by atoms with van der Waals surface area (Å²) < 4.78 is 5.26. The third kappa shape index (κ3) is 4.96. The summed E-state index contributed by atoms with van der Waals surface area (Å²) in [7, 11) is 0. The summed E-state index contributed by atoms with van der Waals surface area (Å²) in [4.78, 5) is 16.1. The minimum atomic E-state index is 0.0413. The van der Waals surface area contributed by atoms with Gasteiger partial charge in [-0.05, 0) is 31.9 Å². The number of carbonyl (C=O) groups excluding carboxylic acids is 1. The van der Waals surface area contributed by atoms with Crippen molar-refractivity contribution in [2.75, 3.05) is 19.8 Å². The zero-order valence-corrected chi connectivity index (χ0v) is 11.3. The fraction of sp³-hybridized carbons (Fsp3) is 0.571. The topological polar surface area (TPSA) is 63.2 Å². The second-order valence-electron chi connectivity index (χ2n) is 4.83. The first-order chi connectivity index (χ1) is 9.24. The summed E-state index contributed by atoms with van der Waals surface area (Å²) >= 11 is 0. The normalized spacial score (nSPS) is 16.3. The first-order valence-electron chi connectivity index (χ1n) is 6.74. The van der Waals surface area contributed by atoms with Gasteiger partial charge in [0.1, 0.15) is 0 Å². The molecule has 1 aliphatic heterocycles. The maximum atomic E-state index is 11.7. The molecule has 0 atom stereocenters. The molecule has 1 saturated heterocycles. The van der Waals surface area contributed by atoms with Crippen LogP contribution < -0.4 is 10.6 Å². The first kappa shape index (κ1) is 14.0. The molecule has 0 aliphatic carbocycles. The van der Waals surface area contributed by atoms with Crippen LogP contribution >= 0.6 is 0 Å². The van der Waals surface area contributed by atoms with E-state index in [1.54, 1.807) is 0 Å². The Morgan fingerprint density at radius 2 is 2.21 bits per heavy atom. The molecule has 1 aliphatic rings. The van der Waals surface area contributed by atoms with Crippen LogP contribution in [-0.4, -0.2) is 36.7 Å². The van der Waals surface area contributed by atoms with Gasteiger partial charge < -0.3 is 15.4 Å². The smallest absolute Gasteiger partial charge is 0.234 e. The van der Waals surface area contributed by atoms with Crippen LogP contribution in [0, 0.1) is 6.92 Å². The number of nitrogens with one attached hydrogen (secondary N) is 2. The Morgan fingerprint density at radius 3 is 2.95 bits per heavy atom. The lowest BCUT2D eigenvalue weighted by atomic mass is 10.1. The minimum absolute atomic E-state index is 0.0413. The SMILES string of the molecule is Cc1cccc(CNCC(=O)NC2CCOCC2)n1. The van der Waals surface area contributed by atoms with Crippen LogP contribution in [0.5, 0.6) is 0 Å². The highest BCUT2D eigenvalue weighted by atomic mass is 16.5. The van der Waals surface area contributed by atoms with Crippen LogP contribution in [0.4, 0.5) is 0 Å². The lowest BCUT2D eigenvalue weighted by Crippen LogP contribution is -2.42. The van der Waals surface area contributed by atoms with Gasteiger partial charge in [0.2, 0.25) is 5.91 Å². The van der Waals surface area contributed by atoms with Crippen molar-refractivity contribution in [1.29, 1.82) is 0 Å². The van der Waals surface area contributed by atoms with E-state index in [0.717, 1.165) is 37.4 Å². The standard InChI is InChI=1S/C14H21N3O2/c1-11-3-2-4-13(16-11)9-15-10-14(18)17-12-5-7-19-8-6-12/h2-4,12,15H,5-10H2,1H3,(H,17,18). The van der Waals surface area contributed by atoms with Gasteiger partial charge in [0.15, 0.2) is 0 Å². The average Bonchev–Trinajstić information content (AvgIpc) is 2.40. The Labute approximate surface area is 113 Å². The summed E-state index contributed by atoms with van der Waals surface area (Å²) in [6.07, 6.45) is 1.82. The Kier molecular flexibility index (Phi) is 5.30. The second kappa shape index (κ2) is 7.21. The molecule has 19 heavy (non-hydrogen) atoms. The number of hydrogen-bond acceptors (Lipinski definition) is 4. The molecule has 0 spiro atoms. The van der Waals surface area contributed by atoms with E-state index in [2.05, 4.69) is 15.6 Å². The predicted octanol–water partition coefficient (Wildman–Crippen LogP) is 0.775. The van der Waals surface area contributed by atoms with Crippen molar-refractivity contribution in [1.82, 2.24) is 15.6 Å². The number of rotatable bonds is 5. The van der Waals surface area contributed by atoms with Crippen LogP contribution in [0.1, 0.15) is 24.2 Å². The van der Waals surface area contributed by atoms with Crippen LogP contribution in [0.3, 0.4) is 0 Å². The van der Waals surface area contributed by atoms with Gasteiger partial charge in [-0.2, -0.15) is 0 Å². The highest BCUT2D eigenvalue weighted by molar-refractivity contribution is 5.78. The summed E-state index contributed by atoms with van der Waals surface area (Å²) in [5.74, 6) is 0.0413. The van der Waals surface area contributed by atoms with E-state index in [-0.39, 0.29) is 11.9 Å². The third-order valence-corrected chi connectivity index (χ3v) is 3.12. The number of aryl methyl sites for hydroxylation is 1. The lowest BCUT2D eigenvalue weighted by Gasteiger charge is -2.23. The molecule has 1 aromatic rings. The minimum Gasteiger partial charge on any atom is -0.381 e. The van der Waals surface area contributed by atoms with Crippen LogP contribution in [0.2, 0.25) is 0 Å². The second-order valence-corrected chi connectivity index (χ2v) is 4.83. The number of nitrogens with zero attached hydrogens (tertiary/aromatic N) is 1. The Balaban J connectivity index is 1.66. The molecular weight excluding hydrogens is 242 g/mol. The van der Waals surface area contributed by atoms with Gasteiger partial charge in [-0.15, -0.1) is 0 Å². The quantitative estimate of drug-likeness (QED) is 0.824. The molecule has 1 fully saturated rings. The molecule has 0 unspecified atom stereocenters. The number of hydrogen-bond donors (Lipinski definition) is 2. The predicted molar refractivity (Wildman–Crippen MR) is 72.7 cm³/mol. The zero-order chi connectivity index (χ0) is 13.5. The molecule has 5 heteroatoms. The van der Waals surface area contributed by atoms with Crippen molar-refractivity contribution in [3.8, 4) is 0 Å². The summed E-state index contributed by atoms with van der Waals surface area (Å²) in [6, 6.07) is 6.15. The van der Waals surface area contributed by atoms with Gasteiger partial charge in [0.25, 0.3) is 0 Å². The molecule has 0 radical (unpaired) electrons. The highest BCUT2D eigenvalue weighted by Crippen LogP contribution is 2.05. The molecule has 104 valence electrons. The fourth-order valence-electron chi connectivity index (χ4n) is 2.12. The van der Waals surface area contributed by atoms with E-state index < -0.39 is 0 Å². The molecule has 0 bridgehead atoms. The molecule has 0 aromatic carbocycles. The molecular formula is C14H21N3O2. The van der Waals surface area contributed by atoms with Crippen molar-refractivity contribution < 1.29 is 9.53 Å². The summed E-state index contributed by atoms with van der Waals surface area (Å²) in [5, 5.41) is 6.13. The van der Waals surface area contributed by atoms with E-state index in [4.69, 9.17) is 4.74 Å². The van der Waals surface area contributed by atoms with Gasteiger partial charge in [-0.3, -0.25) is 9.78 Å². The Hall–Kier alpha value is -1.46. The molecule has 1 amide bonds. The van der Waals surface area contributed by atoms with E-state index >= 15 is 0 Å². The maximum absolute atomic E-state index is 11.7. The van der Waals surface area contributed by atoms with Crippen LogP contribution in [0.15, 0.2) is 18.2 Å². The molecule has 0 saturated carbocycles. The van der Waals surface area contributed by atoms with Crippen molar-refractivity contribution in [3.05, 3.63) is 29.6 Å². The molecule has 2 heterocycles. The zero-order valence-electron chi connectivity index (χ0n) is 11.3. The molecule has 2 rings (SSSR count). The molecule has 5 nitrogen and oxygen atoms in total. The monoisotopic (exact) mass is 263 g/mol. The highest BCUT2D eigenvalue weighted by Gasteiger charge is 2.15. The van der Waals surface area contributed by atoms with Gasteiger partial charge >= 0.3 is 0 Å². The maximum Gasteiger partial charge on any atom is 0.234 e. The van der Waals surface area contributed by atoms with E-state index in [1.165, 1.54) is 0 Å². The third-order valence-electron chi connectivity index (χ3n) is 3.12. The lowest BCUT2D eigenvalue weighted by molar-refractivity contribution is -0.121. The summed E-state index contributed by atoms with van der Waals surface area (Å²) in [5.41, 5.74) is 1.95. The van der Waals surface area contributed by atoms with E-state index in [1.807, 2.05) is 25.1 Å². The number of ether oxygens (including phenoxy) is 1. The first-order valence-corrected chi connectivity index (χ1v) is 6.74. The van der Waals surface area contributed by atoms with Crippen molar-refractivity contribution in [2.45, 2.75) is 32.4 Å². The van der Waals surface area contributed by atoms with Crippen LogP contribution in [-0.2, 0) is 16.1 Å². The summed E-state index contributed by atoms with van der Waals surface area (Å²) in [6.45, 7) is 4.38. The number of pyridine rings is 1. The van der Waals surface area contributed by atoms with E-state index in [0.29, 0.717) is 13.1 Å². The van der Waals surface area contributed by atoms with Crippen molar-refractivity contribution in [3.63, 3.8) is 0 Å². The van der Waals surface area contributed by atoms with Gasteiger partial charge in [-0.25, -0.2) is 0 Å². The number of amides is 1. The average molecular weight is 263 g/mol. The van der Waals surface area contributed by atoms with Gasteiger partial charge in [0, 0.05) is 31.5 Å². The van der Waals surface area contributed by atoms with Gasteiger partial charge in [-0.1, -0.05) is 6.07 Å². The number of carbonyl (C=O) groups is 1. The Morgan fingerprint density at radius 1 is 1.42 bits per heavy atom. The Bertz CT molecular complexity index is 417. The van der Waals surface area contributed by atoms with Gasteiger partial charge in [0.05, 0.1) is 12.2 Å². The van der Waals surface area contributed by atoms with Crippen LogP contribution in [0.25, 0.3) is 0 Å². The molecule has 2 N–H and O–H groups in total. The van der Waals surface area contributed by atoms with Crippen molar-refractivity contribution in [2.24, 2.45) is 0 Å². The molecule has 1 aromatic heterocycles. The van der Waals surface area contributed by atoms with Crippen molar-refractivity contribution >= 4 is 5.91 Å². The van der Waals surface area contributed by atoms with E-state index in [9.17, 15) is 4.79 Å². The fourth-order valence-corrected chi connectivity index (χ4v) is 2.12.